The molecule has 0 spiro atoms. The van der Waals surface area contributed by atoms with Crippen LogP contribution in [0.2, 0.25) is 0 Å². The minimum atomic E-state index is -0.454. The van der Waals surface area contributed by atoms with Crippen LogP contribution in [-0.4, -0.2) is 25.9 Å². The van der Waals surface area contributed by atoms with E-state index in [2.05, 4.69) is 4.98 Å². The molecule has 0 aliphatic carbocycles. The Morgan fingerprint density at radius 3 is 2.52 bits per heavy atom. The summed E-state index contributed by atoms with van der Waals surface area (Å²) in [7, 11) is 0. The number of rotatable bonds is 4. The van der Waals surface area contributed by atoms with Gasteiger partial charge < -0.3 is 4.90 Å². The van der Waals surface area contributed by atoms with Gasteiger partial charge in [0, 0.05) is 18.2 Å². The third-order valence-corrected chi connectivity index (χ3v) is 4.39. The molecule has 0 atom stereocenters. The van der Waals surface area contributed by atoms with Gasteiger partial charge in [-0.2, -0.15) is 0 Å². The van der Waals surface area contributed by atoms with Crippen LogP contribution in [0.15, 0.2) is 59.7 Å². The first-order valence-electron chi connectivity index (χ1n) is 8.75. The zero-order chi connectivity index (χ0) is 19.6. The van der Waals surface area contributed by atoms with Gasteiger partial charge in [-0.25, -0.2) is 9.37 Å². The van der Waals surface area contributed by atoms with Crippen LogP contribution in [0.25, 0.3) is 10.9 Å². The molecule has 6 heteroatoms. The second-order valence-corrected chi connectivity index (χ2v) is 7.48. The highest BCUT2D eigenvalue weighted by Gasteiger charge is 2.27. The fraction of sp³-hybridized carbons (Fsp3) is 0.286. The van der Waals surface area contributed by atoms with E-state index in [4.69, 9.17) is 0 Å². The number of carbonyl (C=O) groups is 1. The van der Waals surface area contributed by atoms with Crippen molar-refractivity contribution in [1.82, 2.24) is 14.5 Å². The Morgan fingerprint density at radius 1 is 1.15 bits per heavy atom. The second kappa shape index (κ2) is 7.31. The average molecular weight is 367 g/mol. The van der Waals surface area contributed by atoms with Gasteiger partial charge in [0.1, 0.15) is 12.4 Å². The monoisotopic (exact) mass is 367 g/mol. The van der Waals surface area contributed by atoms with Crippen molar-refractivity contribution in [1.29, 1.82) is 0 Å². The number of nitrogens with zero attached hydrogens (tertiary/aromatic N) is 3. The molecule has 0 aliphatic rings. The van der Waals surface area contributed by atoms with Crippen molar-refractivity contribution in [2.75, 3.05) is 0 Å². The van der Waals surface area contributed by atoms with E-state index in [9.17, 15) is 14.0 Å². The summed E-state index contributed by atoms with van der Waals surface area (Å²) >= 11 is 0. The Bertz CT molecular complexity index is 1020. The van der Waals surface area contributed by atoms with Crippen molar-refractivity contribution in [2.24, 2.45) is 0 Å². The molecule has 2 aromatic carbocycles. The van der Waals surface area contributed by atoms with Gasteiger partial charge >= 0.3 is 0 Å². The van der Waals surface area contributed by atoms with Gasteiger partial charge in [-0.1, -0.05) is 30.3 Å². The van der Waals surface area contributed by atoms with Crippen molar-refractivity contribution < 1.29 is 9.18 Å². The van der Waals surface area contributed by atoms with E-state index in [0.29, 0.717) is 6.54 Å². The summed E-state index contributed by atoms with van der Waals surface area (Å²) in [6, 6.07) is 13.5. The molecule has 3 rings (SSSR count). The maximum absolute atomic E-state index is 13.3. The Labute approximate surface area is 157 Å². The van der Waals surface area contributed by atoms with Crippen molar-refractivity contribution in [3.05, 3.63) is 76.6 Å². The fourth-order valence-corrected chi connectivity index (χ4v) is 2.94. The van der Waals surface area contributed by atoms with E-state index in [1.165, 1.54) is 29.1 Å². The quantitative estimate of drug-likeness (QED) is 0.710. The van der Waals surface area contributed by atoms with E-state index in [-0.39, 0.29) is 28.9 Å². The zero-order valence-electron chi connectivity index (χ0n) is 15.6. The molecule has 0 radical (unpaired) electrons. The first-order chi connectivity index (χ1) is 12.8. The van der Waals surface area contributed by atoms with Crippen molar-refractivity contribution in [3.8, 4) is 0 Å². The Hall–Kier alpha value is -3.02. The maximum Gasteiger partial charge on any atom is 0.261 e. The zero-order valence-corrected chi connectivity index (χ0v) is 15.6. The van der Waals surface area contributed by atoms with E-state index in [0.717, 1.165) is 5.56 Å². The molecule has 27 heavy (non-hydrogen) atoms. The number of halogens is 1. The third kappa shape index (κ3) is 4.22. The van der Waals surface area contributed by atoms with Gasteiger partial charge in [0.25, 0.3) is 5.56 Å². The van der Waals surface area contributed by atoms with Crippen LogP contribution in [-0.2, 0) is 17.9 Å². The minimum Gasteiger partial charge on any atom is -0.332 e. The van der Waals surface area contributed by atoms with Gasteiger partial charge in [0.05, 0.1) is 17.2 Å². The van der Waals surface area contributed by atoms with Crippen LogP contribution in [0.4, 0.5) is 4.39 Å². The molecule has 0 N–H and O–H groups in total. The summed E-state index contributed by atoms with van der Waals surface area (Å²) in [5.41, 5.74) is 0.520. The third-order valence-electron chi connectivity index (χ3n) is 4.39. The normalized spacial score (nSPS) is 11.6. The van der Waals surface area contributed by atoms with Gasteiger partial charge in [-0.3, -0.25) is 14.2 Å². The highest BCUT2D eigenvalue weighted by molar-refractivity contribution is 5.79. The molecule has 0 saturated heterocycles. The van der Waals surface area contributed by atoms with Crippen molar-refractivity contribution in [3.63, 3.8) is 0 Å². The minimum absolute atomic E-state index is 0.122. The smallest absolute Gasteiger partial charge is 0.261 e. The molecule has 5 nitrogen and oxygen atoms in total. The molecular formula is C21H22FN3O2. The number of hydrogen-bond acceptors (Lipinski definition) is 3. The summed E-state index contributed by atoms with van der Waals surface area (Å²) in [6.07, 6.45) is 1.30. The molecule has 0 saturated carbocycles. The Morgan fingerprint density at radius 2 is 1.85 bits per heavy atom. The number of hydrogen-bond donors (Lipinski definition) is 0. The molecule has 0 unspecified atom stereocenters. The lowest BCUT2D eigenvalue weighted by molar-refractivity contribution is -0.137. The SMILES string of the molecule is CC(C)(C)N(Cc1ccccc1)C(=O)Cn1cnc2cc(F)ccc2c1=O. The lowest BCUT2D eigenvalue weighted by Gasteiger charge is -2.36. The highest BCUT2D eigenvalue weighted by Crippen LogP contribution is 2.18. The first-order valence-corrected chi connectivity index (χ1v) is 8.75. The van der Waals surface area contributed by atoms with Crippen LogP contribution in [0, 0.1) is 5.82 Å². The maximum atomic E-state index is 13.3. The summed E-state index contributed by atoms with van der Waals surface area (Å²) in [6.45, 7) is 6.20. The predicted octanol–water partition coefficient (Wildman–Crippen LogP) is 3.36. The Balaban J connectivity index is 1.89. The average Bonchev–Trinajstić information content (AvgIpc) is 2.62. The van der Waals surface area contributed by atoms with Gasteiger partial charge in [-0.15, -0.1) is 0 Å². The number of amides is 1. The molecule has 1 heterocycles. The number of carbonyl (C=O) groups excluding carboxylic acids is 1. The molecule has 1 aromatic heterocycles. The number of benzene rings is 2. The predicted molar refractivity (Wildman–Crippen MR) is 103 cm³/mol. The van der Waals surface area contributed by atoms with Gasteiger partial charge in [0.15, 0.2) is 0 Å². The van der Waals surface area contributed by atoms with E-state index in [1.807, 2.05) is 51.1 Å². The molecule has 3 aromatic rings. The van der Waals surface area contributed by atoms with Crippen molar-refractivity contribution in [2.45, 2.75) is 39.4 Å². The van der Waals surface area contributed by atoms with Gasteiger partial charge in [-0.05, 0) is 38.5 Å². The standard InChI is InChI=1S/C21H22FN3O2/c1-21(2,3)25(12-15-7-5-4-6-8-15)19(26)13-24-14-23-18-11-16(22)9-10-17(18)20(24)27/h4-11,14H,12-13H2,1-3H3. The van der Waals surface area contributed by atoms with Crippen molar-refractivity contribution >= 4 is 16.8 Å². The van der Waals surface area contributed by atoms with Crippen LogP contribution in [0.1, 0.15) is 26.3 Å². The lowest BCUT2D eigenvalue weighted by atomic mass is 10.0. The number of fused-ring (bicyclic) bond motifs is 1. The summed E-state index contributed by atoms with van der Waals surface area (Å²) in [5.74, 6) is -0.637. The summed E-state index contributed by atoms with van der Waals surface area (Å²) in [5, 5.41) is 0.289. The molecule has 140 valence electrons. The Kier molecular flexibility index (Phi) is 5.08. The van der Waals surface area contributed by atoms with E-state index >= 15 is 0 Å². The first kappa shape index (κ1) is 18.8. The van der Waals surface area contributed by atoms with Crippen LogP contribution in [0.5, 0.6) is 0 Å². The number of aromatic nitrogens is 2. The molecule has 0 aliphatic heterocycles. The van der Waals surface area contributed by atoms with Gasteiger partial charge in [0.2, 0.25) is 5.91 Å². The fourth-order valence-electron chi connectivity index (χ4n) is 2.94. The summed E-state index contributed by atoms with van der Waals surface area (Å²) in [4.78, 5) is 31.5. The summed E-state index contributed by atoms with van der Waals surface area (Å²) < 4.78 is 14.6. The molecular weight excluding hydrogens is 345 g/mol. The molecule has 0 bridgehead atoms. The second-order valence-electron chi connectivity index (χ2n) is 7.48. The molecule has 1 amide bonds. The van der Waals surface area contributed by atoms with Crippen LogP contribution >= 0.6 is 0 Å². The lowest BCUT2D eigenvalue weighted by Crippen LogP contribution is -2.47. The van der Waals surface area contributed by atoms with Crippen LogP contribution < -0.4 is 5.56 Å². The van der Waals surface area contributed by atoms with Crippen LogP contribution in [0.3, 0.4) is 0 Å². The molecule has 0 fully saturated rings. The highest BCUT2D eigenvalue weighted by atomic mass is 19.1. The van der Waals surface area contributed by atoms with E-state index < -0.39 is 11.4 Å². The topological polar surface area (TPSA) is 55.2 Å². The van der Waals surface area contributed by atoms with E-state index in [1.54, 1.807) is 4.90 Å². The largest absolute Gasteiger partial charge is 0.332 e.